The third-order valence-electron chi connectivity index (χ3n) is 6.20. The second-order valence-electron chi connectivity index (χ2n) is 8.53. The molecule has 3 heterocycles. The SMILES string of the molecule is CCNC(=O)[C@@H]1C[C@H]2C[C@H]2N1C(=O)Cn1nc(OC(N)=O)c2cc(OCc3ncccn3)ccc21. The van der Waals surface area contributed by atoms with Gasteiger partial charge in [0.05, 0.1) is 10.9 Å². The molecule has 3 N–H and O–H groups in total. The van der Waals surface area contributed by atoms with E-state index in [0.29, 0.717) is 41.4 Å². The number of nitrogens with two attached hydrogens (primary N) is 1. The molecule has 2 aliphatic rings. The van der Waals surface area contributed by atoms with Gasteiger partial charge in [0, 0.05) is 25.0 Å². The van der Waals surface area contributed by atoms with Gasteiger partial charge in [0.1, 0.15) is 24.9 Å². The highest BCUT2D eigenvalue weighted by Gasteiger charge is 2.55. The van der Waals surface area contributed by atoms with Crippen molar-refractivity contribution >= 4 is 28.8 Å². The van der Waals surface area contributed by atoms with Gasteiger partial charge in [-0.3, -0.25) is 14.3 Å². The normalized spacial score (nSPS) is 20.4. The molecule has 12 nitrogen and oxygen atoms in total. The summed E-state index contributed by atoms with van der Waals surface area (Å²) in [7, 11) is 0. The van der Waals surface area contributed by atoms with Gasteiger partial charge in [-0.05, 0) is 49.9 Å². The number of likely N-dealkylation sites (tertiary alicyclic amines) is 1. The van der Waals surface area contributed by atoms with E-state index in [1.165, 1.54) is 4.68 Å². The summed E-state index contributed by atoms with van der Waals surface area (Å²) in [5, 5.41) is 7.58. The molecule has 12 heteroatoms. The predicted octanol–water partition coefficient (Wildman–Crippen LogP) is 0.988. The molecule has 1 aliphatic carbocycles. The number of hydrogen-bond acceptors (Lipinski definition) is 8. The van der Waals surface area contributed by atoms with Crippen molar-refractivity contribution in [3.05, 3.63) is 42.5 Å². The number of nitrogens with zero attached hydrogens (tertiary/aromatic N) is 5. The molecule has 1 aromatic carbocycles. The molecule has 1 aliphatic heterocycles. The Balaban J connectivity index is 1.39. The standard InChI is InChI=1S/C23H25N7O5/c1-2-25-21(32)18-9-13-8-17(13)30(18)20(31)11-29-16-5-4-14(34-12-19-26-6-3-7-27-19)10-15(16)22(28-29)35-23(24)33/h3-7,10,13,17-18H,2,8-9,11-12H2,1H3,(H2,24,33)(H,25,32)/t13-,17-,18+/m1/s1. The minimum Gasteiger partial charge on any atom is -0.486 e. The number of ether oxygens (including phenoxy) is 2. The first-order chi connectivity index (χ1) is 16.9. The van der Waals surface area contributed by atoms with E-state index in [0.717, 1.165) is 6.42 Å². The Labute approximate surface area is 200 Å². The van der Waals surface area contributed by atoms with Crippen LogP contribution in [0.5, 0.6) is 11.6 Å². The highest BCUT2D eigenvalue weighted by molar-refractivity contribution is 5.91. The number of primary amides is 1. The summed E-state index contributed by atoms with van der Waals surface area (Å²) in [5.74, 6) is 0.953. The van der Waals surface area contributed by atoms with E-state index in [4.69, 9.17) is 15.2 Å². The summed E-state index contributed by atoms with van der Waals surface area (Å²) in [5.41, 5.74) is 5.78. The number of piperidine rings is 1. The molecule has 35 heavy (non-hydrogen) atoms. The zero-order chi connectivity index (χ0) is 24.5. The Kier molecular flexibility index (Phi) is 5.93. The number of rotatable bonds is 8. The maximum absolute atomic E-state index is 13.3. The van der Waals surface area contributed by atoms with Crippen LogP contribution in [0, 0.1) is 5.92 Å². The van der Waals surface area contributed by atoms with Crippen LogP contribution in [0.3, 0.4) is 0 Å². The first-order valence-corrected chi connectivity index (χ1v) is 11.4. The second-order valence-corrected chi connectivity index (χ2v) is 8.53. The molecular formula is C23H25N7O5. The average Bonchev–Trinajstić information content (AvgIpc) is 3.38. The first-order valence-electron chi connectivity index (χ1n) is 11.4. The maximum Gasteiger partial charge on any atom is 0.411 e. The molecule has 1 saturated carbocycles. The molecule has 5 rings (SSSR count). The quantitative estimate of drug-likeness (QED) is 0.485. The third kappa shape index (κ3) is 4.59. The van der Waals surface area contributed by atoms with Gasteiger partial charge in [-0.1, -0.05) is 0 Å². The molecule has 0 bridgehead atoms. The van der Waals surface area contributed by atoms with Crippen molar-refractivity contribution in [1.29, 1.82) is 0 Å². The Bertz CT molecular complexity index is 1280. The number of fused-ring (bicyclic) bond motifs is 2. The molecule has 2 aromatic heterocycles. The molecule has 0 unspecified atom stereocenters. The van der Waals surface area contributed by atoms with Crippen molar-refractivity contribution in [1.82, 2.24) is 30.0 Å². The minimum atomic E-state index is -1.02. The lowest BCUT2D eigenvalue weighted by Crippen LogP contribution is -2.48. The fraction of sp³-hybridized carbons (Fsp3) is 0.391. The predicted molar refractivity (Wildman–Crippen MR) is 122 cm³/mol. The Morgan fingerprint density at radius 1 is 1.20 bits per heavy atom. The lowest BCUT2D eigenvalue weighted by molar-refractivity contribution is -0.140. The summed E-state index contributed by atoms with van der Waals surface area (Å²) >= 11 is 0. The molecule has 3 atom stereocenters. The van der Waals surface area contributed by atoms with Gasteiger partial charge in [-0.25, -0.2) is 14.8 Å². The van der Waals surface area contributed by atoms with E-state index in [2.05, 4.69) is 20.4 Å². The Morgan fingerprint density at radius 2 is 2.00 bits per heavy atom. The van der Waals surface area contributed by atoms with Crippen molar-refractivity contribution < 1.29 is 23.9 Å². The van der Waals surface area contributed by atoms with Crippen molar-refractivity contribution in [3.63, 3.8) is 0 Å². The van der Waals surface area contributed by atoms with Gasteiger partial charge in [0.25, 0.3) is 5.88 Å². The van der Waals surface area contributed by atoms with E-state index >= 15 is 0 Å². The average molecular weight is 479 g/mol. The maximum atomic E-state index is 13.3. The van der Waals surface area contributed by atoms with Crippen LogP contribution >= 0.6 is 0 Å². The number of aromatic nitrogens is 4. The largest absolute Gasteiger partial charge is 0.486 e. The van der Waals surface area contributed by atoms with E-state index in [9.17, 15) is 14.4 Å². The van der Waals surface area contributed by atoms with Gasteiger partial charge in [0.15, 0.2) is 5.82 Å². The Morgan fingerprint density at radius 3 is 2.74 bits per heavy atom. The van der Waals surface area contributed by atoms with Crippen LogP contribution in [0.1, 0.15) is 25.6 Å². The van der Waals surface area contributed by atoms with Crippen LogP contribution < -0.4 is 20.5 Å². The van der Waals surface area contributed by atoms with E-state index < -0.39 is 12.1 Å². The molecule has 0 radical (unpaired) electrons. The highest BCUT2D eigenvalue weighted by Crippen LogP contribution is 2.48. The molecule has 0 spiro atoms. The van der Waals surface area contributed by atoms with Crippen LogP contribution in [-0.2, 0) is 22.7 Å². The number of nitrogens with one attached hydrogen (secondary N) is 1. The number of hydrogen-bond donors (Lipinski definition) is 2. The summed E-state index contributed by atoms with van der Waals surface area (Å²) in [6.07, 6.45) is 3.79. The smallest absolute Gasteiger partial charge is 0.411 e. The second kappa shape index (κ2) is 9.20. The summed E-state index contributed by atoms with van der Waals surface area (Å²) < 4.78 is 12.3. The van der Waals surface area contributed by atoms with Crippen molar-refractivity contribution in [2.75, 3.05) is 6.54 Å². The van der Waals surface area contributed by atoms with Crippen molar-refractivity contribution in [3.8, 4) is 11.6 Å². The van der Waals surface area contributed by atoms with Crippen LogP contribution in [0.4, 0.5) is 4.79 Å². The van der Waals surface area contributed by atoms with Gasteiger partial charge >= 0.3 is 6.09 Å². The topological polar surface area (TPSA) is 155 Å². The zero-order valence-electron chi connectivity index (χ0n) is 19.1. The number of carbonyl (C=O) groups is 3. The minimum absolute atomic E-state index is 0.0345. The number of benzene rings is 1. The molecule has 182 valence electrons. The summed E-state index contributed by atoms with van der Waals surface area (Å²) in [6, 6.07) is 6.40. The van der Waals surface area contributed by atoms with E-state index in [-0.39, 0.29) is 36.9 Å². The van der Waals surface area contributed by atoms with E-state index in [1.807, 2.05) is 6.92 Å². The number of amides is 3. The van der Waals surface area contributed by atoms with Crippen LogP contribution in [-0.4, -0.2) is 61.2 Å². The summed E-state index contributed by atoms with van der Waals surface area (Å²) in [4.78, 5) is 47.2. The fourth-order valence-electron chi connectivity index (χ4n) is 4.61. The van der Waals surface area contributed by atoms with Crippen LogP contribution in [0.25, 0.3) is 10.9 Å². The van der Waals surface area contributed by atoms with Gasteiger partial charge in [-0.2, -0.15) is 0 Å². The van der Waals surface area contributed by atoms with Gasteiger partial charge < -0.3 is 25.4 Å². The van der Waals surface area contributed by atoms with E-state index in [1.54, 1.807) is 41.6 Å². The molecule has 2 fully saturated rings. The van der Waals surface area contributed by atoms with Gasteiger partial charge in [-0.15, -0.1) is 5.10 Å². The Hall–Kier alpha value is -4.22. The lowest BCUT2D eigenvalue weighted by atomic mass is 10.1. The van der Waals surface area contributed by atoms with Crippen LogP contribution in [0.15, 0.2) is 36.7 Å². The molecule has 3 aromatic rings. The number of carbonyl (C=O) groups excluding carboxylic acids is 3. The lowest BCUT2D eigenvalue weighted by Gasteiger charge is -2.26. The van der Waals surface area contributed by atoms with Crippen molar-refractivity contribution in [2.24, 2.45) is 11.7 Å². The molecule has 3 amide bonds. The van der Waals surface area contributed by atoms with Gasteiger partial charge in [0.2, 0.25) is 11.8 Å². The van der Waals surface area contributed by atoms with Crippen molar-refractivity contribution in [2.45, 2.75) is 45.0 Å². The van der Waals surface area contributed by atoms with Crippen LogP contribution in [0.2, 0.25) is 0 Å². The zero-order valence-corrected chi connectivity index (χ0v) is 19.1. The summed E-state index contributed by atoms with van der Waals surface area (Å²) in [6.45, 7) is 2.38. The number of likely N-dealkylation sites (N-methyl/N-ethyl adjacent to an activating group) is 1. The first kappa shape index (κ1) is 22.6. The third-order valence-corrected chi connectivity index (χ3v) is 6.20. The fourth-order valence-corrected chi connectivity index (χ4v) is 4.61. The molecule has 1 saturated heterocycles. The highest BCUT2D eigenvalue weighted by atomic mass is 16.6. The monoisotopic (exact) mass is 479 g/mol. The molecular weight excluding hydrogens is 454 g/mol.